The normalized spacial score (nSPS) is 11.5. The lowest BCUT2D eigenvalue weighted by Crippen LogP contribution is -2.11. The molecular formula is C30H22. The zero-order valence-electron chi connectivity index (χ0n) is 17.5. The molecule has 0 spiro atoms. The Labute approximate surface area is 177 Å². The van der Waals surface area contributed by atoms with Crippen LogP contribution in [0, 0.1) is 24.2 Å². The minimum atomic E-state index is 0.0521. The van der Waals surface area contributed by atoms with E-state index in [1.54, 1.807) is 0 Å². The molecule has 0 atom stereocenters. The molecule has 0 aromatic heterocycles. The van der Waals surface area contributed by atoms with Gasteiger partial charge >= 0.3 is 0 Å². The summed E-state index contributed by atoms with van der Waals surface area (Å²) < 4.78 is 0. The van der Waals surface area contributed by atoms with Crippen molar-refractivity contribution in [3.05, 3.63) is 95.1 Å². The second-order valence-electron chi connectivity index (χ2n) is 8.87. The molecule has 0 unspecified atom stereocenters. The lowest BCUT2D eigenvalue weighted by atomic mass is 9.85. The van der Waals surface area contributed by atoms with Gasteiger partial charge < -0.3 is 0 Å². The van der Waals surface area contributed by atoms with Crippen molar-refractivity contribution in [1.82, 2.24) is 0 Å². The number of hydrogen-bond acceptors (Lipinski definition) is 0. The highest BCUT2D eigenvalue weighted by Gasteiger charge is 2.15. The maximum absolute atomic E-state index is 5.75. The molecule has 0 aliphatic rings. The standard InChI is InChI=1S/C30H22/c1-5-20-15-17-26(30(2,3)4)19-25(20)14-10-21-9-11-24-13-12-22-7-6-8-23-16-18-27(21)29(24)28(22)23/h1,6-9,11-13,15-19H,2-4H3. The molecule has 0 saturated heterocycles. The van der Waals surface area contributed by atoms with Crippen LogP contribution < -0.4 is 0 Å². The maximum Gasteiger partial charge on any atom is 0.0408 e. The molecule has 0 heterocycles. The van der Waals surface area contributed by atoms with Crippen molar-refractivity contribution in [3.8, 4) is 24.2 Å². The molecule has 0 heteroatoms. The lowest BCUT2D eigenvalue weighted by Gasteiger charge is -2.19. The first kappa shape index (κ1) is 18.3. The van der Waals surface area contributed by atoms with Crippen LogP contribution in [0.3, 0.4) is 0 Å². The third-order valence-corrected chi connectivity index (χ3v) is 5.90. The summed E-state index contributed by atoms with van der Waals surface area (Å²) in [7, 11) is 0. The van der Waals surface area contributed by atoms with E-state index in [1.807, 2.05) is 6.07 Å². The number of terminal acetylenes is 1. The first-order valence-corrected chi connectivity index (χ1v) is 10.3. The molecule has 5 rings (SSSR count). The Kier molecular flexibility index (Phi) is 4.06. The number of benzene rings is 5. The van der Waals surface area contributed by atoms with Gasteiger partial charge in [-0.25, -0.2) is 0 Å². The third kappa shape index (κ3) is 2.90. The molecule has 142 valence electrons. The smallest absolute Gasteiger partial charge is 0.0408 e. The van der Waals surface area contributed by atoms with Crippen LogP contribution in [0.5, 0.6) is 0 Å². The fourth-order valence-electron chi connectivity index (χ4n) is 4.22. The van der Waals surface area contributed by atoms with E-state index < -0.39 is 0 Å². The minimum absolute atomic E-state index is 0.0521. The fraction of sp³-hybridized carbons (Fsp3) is 0.133. The predicted molar refractivity (Wildman–Crippen MR) is 129 cm³/mol. The summed E-state index contributed by atoms with van der Waals surface area (Å²) >= 11 is 0. The van der Waals surface area contributed by atoms with Crippen molar-refractivity contribution in [2.45, 2.75) is 26.2 Å². The first-order valence-electron chi connectivity index (χ1n) is 10.3. The molecule has 0 aliphatic heterocycles. The van der Waals surface area contributed by atoms with Gasteiger partial charge in [0.1, 0.15) is 0 Å². The van der Waals surface area contributed by atoms with E-state index in [0.717, 1.165) is 16.7 Å². The Bertz CT molecular complexity index is 1510. The quantitative estimate of drug-likeness (QED) is 0.195. The molecule has 0 bridgehead atoms. The topological polar surface area (TPSA) is 0 Å². The Morgan fingerprint density at radius 1 is 0.633 bits per heavy atom. The average molecular weight is 383 g/mol. The van der Waals surface area contributed by atoms with E-state index in [4.69, 9.17) is 6.42 Å². The van der Waals surface area contributed by atoms with Gasteiger partial charge in [-0.3, -0.25) is 0 Å². The highest BCUT2D eigenvalue weighted by atomic mass is 14.2. The van der Waals surface area contributed by atoms with Gasteiger partial charge in [-0.15, -0.1) is 6.42 Å². The van der Waals surface area contributed by atoms with Crippen molar-refractivity contribution < 1.29 is 0 Å². The predicted octanol–water partition coefficient (Wildman–Crippen LogP) is 7.26. The van der Waals surface area contributed by atoms with Crippen molar-refractivity contribution in [1.29, 1.82) is 0 Å². The molecule has 0 radical (unpaired) electrons. The van der Waals surface area contributed by atoms with Crippen molar-refractivity contribution >= 4 is 32.3 Å². The Balaban J connectivity index is 1.73. The van der Waals surface area contributed by atoms with E-state index >= 15 is 0 Å². The van der Waals surface area contributed by atoms with Crippen molar-refractivity contribution in [2.75, 3.05) is 0 Å². The van der Waals surface area contributed by atoms with Crippen LogP contribution in [0.25, 0.3) is 32.3 Å². The summed E-state index contributed by atoms with van der Waals surface area (Å²) in [6.07, 6.45) is 5.75. The van der Waals surface area contributed by atoms with Gasteiger partial charge in [0.25, 0.3) is 0 Å². The molecule has 0 aliphatic carbocycles. The molecular weight excluding hydrogens is 360 g/mol. The van der Waals surface area contributed by atoms with Crippen LogP contribution in [-0.2, 0) is 5.41 Å². The first-order chi connectivity index (χ1) is 14.5. The lowest BCUT2D eigenvalue weighted by molar-refractivity contribution is 0.590. The van der Waals surface area contributed by atoms with Gasteiger partial charge in [-0.1, -0.05) is 93.1 Å². The van der Waals surface area contributed by atoms with Crippen LogP contribution in [0.1, 0.15) is 43.0 Å². The second-order valence-corrected chi connectivity index (χ2v) is 8.87. The summed E-state index contributed by atoms with van der Waals surface area (Å²) in [4.78, 5) is 0. The molecule has 5 aromatic carbocycles. The van der Waals surface area contributed by atoms with Crippen LogP contribution in [-0.4, -0.2) is 0 Å². The number of rotatable bonds is 0. The largest absolute Gasteiger partial charge is 0.115 e. The second kappa shape index (κ2) is 6.66. The zero-order chi connectivity index (χ0) is 20.9. The molecule has 30 heavy (non-hydrogen) atoms. The van der Waals surface area contributed by atoms with E-state index in [1.165, 1.54) is 37.9 Å². The summed E-state index contributed by atoms with van der Waals surface area (Å²) in [5, 5.41) is 7.58. The van der Waals surface area contributed by atoms with Gasteiger partial charge in [0, 0.05) is 16.7 Å². The third-order valence-electron chi connectivity index (χ3n) is 5.90. The van der Waals surface area contributed by atoms with E-state index in [-0.39, 0.29) is 5.41 Å². The summed E-state index contributed by atoms with van der Waals surface area (Å²) in [5.74, 6) is 9.58. The van der Waals surface area contributed by atoms with E-state index in [9.17, 15) is 0 Å². The minimum Gasteiger partial charge on any atom is -0.115 e. The highest BCUT2D eigenvalue weighted by Crippen LogP contribution is 2.35. The fourth-order valence-corrected chi connectivity index (χ4v) is 4.22. The number of hydrogen-bond donors (Lipinski definition) is 0. The Hall–Kier alpha value is -3.74. The average Bonchev–Trinajstić information content (AvgIpc) is 2.75. The Morgan fingerprint density at radius 2 is 1.23 bits per heavy atom. The molecule has 0 nitrogen and oxygen atoms in total. The monoisotopic (exact) mass is 382 g/mol. The van der Waals surface area contributed by atoms with Gasteiger partial charge in [-0.05, 0) is 61.5 Å². The van der Waals surface area contributed by atoms with Gasteiger partial charge in [0.15, 0.2) is 0 Å². The van der Waals surface area contributed by atoms with E-state index in [0.29, 0.717) is 0 Å². The van der Waals surface area contributed by atoms with E-state index in [2.05, 4.69) is 105 Å². The van der Waals surface area contributed by atoms with Gasteiger partial charge in [0.2, 0.25) is 0 Å². The SMILES string of the molecule is C#Cc1ccc(C(C)(C)C)cc1C#Cc1ccc2ccc3cccc4ccc1c2c34. The van der Waals surface area contributed by atoms with Crippen LogP contribution in [0.4, 0.5) is 0 Å². The van der Waals surface area contributed by atoms with Crippen LogP contribution in [0.15, 0.2) is 72.8 Å². The summed E-state index contributed by atoms with van der Waals surface area (Å²) in [5.41, 5.74) is 4.08. The van der Waals surface area contributed by atoms with Gasteiger partial charge in [-0.2, -0.15) is 0 Å². The van der Waals surface area contributed by atoms with Crippen molar-refractivity contribution in [2.24, 2.45) is 0 Å². The van der Waals surface area contributed by atoms with Crippen LogP contribution >= 0.6 is 0 Å². The molecule has 5 aromatic rings. The van der Waals surface area contributed by atoms with Crippen molar-refractivity contribution in [3.63, 3.8) is 0 Å². The molecule has 0 amide bonds. The molecule has 0 fully saturated rings. The Morgan fingerprint density at radius 3 is 1.93 bits per heavy atom. The van der Waals surface area contributed by atoms with Gasteiger partial charge in [0.05, 0.1) is 0 Å². The molecule has 0 saturated carbocycles. The maximum atomic E-state index is 5.75. The highest BCUT2D eigenvalue weighted by molar-refractivity contribution is 6.23. The zero-order valence-corrected chi connectivity index (χ0v) is 17.5. The molecule has 0 N–H and O–H groups in total. The van der Waals surface area contributed by atoms with Crippen LogP contribution in [0.2, 0.25) is 0 Å². The summed E-state index contributed by atoms with van der Waals surface area (Å²) in [6.45, 7) is 6.61. The summed E-state index contributed by atoms with van der Waals surface area (Å²) in [6, 6.07) is 25.8.